The quantitative estimate of drug-likeness (QED) is 0.352. The Labute approximate surface area is 245 Å². The Morgan fingerprint density at radius 2 is 1.95 bits per heavy atom. The molecule has 0 aliphatic carbocycles. The van der Waals surface area contributed by atoms with Gasteiger partial charge in [0.25, 0.3) is 0 Å². The first-order chi connectivity index (χ1) is 19.8. The molecule has 14 heteroatoms. The lowest BCUT2D eigenvalue weighted by molar-refractivity contribution is -0.198. The van der Waals surface area contributed by atoms with Crippen molar-refractivity contribution in [2.45, 2.75) is 37.6 Å². The summed E-state index contributed by atoms with van der Waals surface area (Å²) < 4.78 is 49.4. The Hall–Kier alpha value is -3.84. The second-order valence-electron chi connectivity index (χ2n) is 11.0. The van der Waals surface area contributed by atoms with E-state index in [1.165, 1.54) is 30.5 Å². The van der Waals surface area contributed by atoms with Gasteiger partial charge in [-0.2, -0.15) is 23.1 Å². The van der Waals surface area contributed by atoms with E-state index in [1.807, 2.05) is 4.90 Å². The van der Waals surface area contributed by atoms with Crippen LogP contribution in [0.2, 0.25) is 5.02 Å². The normalized spacial score (nSPS) is 19.1. The van der Waals surface area contributed by atoms with Crippen molar-refractivity contribution in [1.29, 1.82) is 0 Å². The number of piperidine rings is 1. The number of hydrogen-bond donors (Lipinski definition) is 3. The fraction of sp³-hybridized carbons (Fsp3) is 0.429. The Kier molecular flexibility index (Phi) is 8.08. The van der Waals surface area contributed by atoms with Gasteiger partial charge in [0.1, 0.15) is 17.7 Å². The predicted octanol–water partition coefficient (Wildman–Crippen LogP) is 4.56. The number of anilines is 3. The minimum atomic E-state index is -4.81. The molecule has 4 heterocycles. The Morgan fingerprint density at radius 3 is 2.60 bits per heavy atom. The Bertz CT molecular complexity index is 1460. The number of nitrogens with zero attached hydrogens (tertiary/aromatic N) is 5. The fourth-order valence-corrected chi connectivity index (χ4v) is 5.77. The predicted molar refractivity (Wildman–Crippen MR) is 153 cm³/mol. The number of hydrogen-bond acceptors (Lipinski definition) is 9. The van der Waals surface area contributed by atoms with Crippen molar-refractivity contribution in [2.75, 3.05) is 49.3 Å². The van der Waals surface area contributed by atoms with Gasteiger partial charge in [-0.05, 0) is 60.1 Å². The van der Waals surface area contributed by atoms with E-state index in [2.05, 4.69) is 20.3 Å². The second-order valence-corrected chi connectivity index (χ2v) is 11.4. The molecule has 10 nitrogen and oxygen atoms in total. The van der Waals surface area contributed by atoms with Crippen molar-refractivity contribution in [2.24, 2.45) is 5.41 Å². The third kappa shape index (κ3) is 6.31. The summed E-state index contributed by atoms with van der Waals surface area (Å²) in [5, 5.41) is 12.7. The lowest BCUT2D eigenvalue weighted by atomic mass is 9.76. The van der Waals surface area contributed by atoms with Gasteiger partial charge in [0.05, 0.1) is 0 Å². The highest BCUT2D eigenvalue weighted by Crippen LogP contribution is 2.43. The minimum Gasteiger partial charge on any atom is -0.480 e. The molecule has 2 atom stereocenters. The lowest BCUT2D eigenvalue weighted by Gasteiger charge is -2.39. The van der Waals surface area contributed by atoms with Crippen LogP contribution in [0.3, 0.4) is 0 Å². The fourth-order valence-electron chi connectivity index (χ4n) is 5.60. The molecular formula is C28H31ClF3N7O3. The molecule has 0 saturated carbocycles. The first-order valence-corrected chi connectivity index (χ1v) is 13.7. The summed E-state index contributed by atoms with van der Waals surface area (Å²) in [6.07, 6.45) is -3.75. The summed E-state index contributed by atoms with van der Waals surface area (Å²) in [5.41, 5.74) is 6.35. The smallest absolute Gasteiger partial charge is 0.429 e. The van der Waals surface area contributed by atoms with Crippen LogP contribution >= 0.6 is 11.6 Å². The van der Waals surface area contributed by atoms with E-state index in [9.17, 15) is 23.1 Å². The number of aromatic nitrogens is 3. The highest BCUT2D eigenvalue weighted by atomic mass is 35.5. The zero-order chi connectivity index (χ0) is 30.2. The summed E-state index contributed by atoms with van der Waals surface area (Å²) in [6.45, 7) is 1.66. The number of ether oxygens (including phenoxy) is 1. The van der Waals surface area contributed by atoms with E-state index < -0.39 is 24.3 Å². The van der Waals surface area contributed by atoms with Crippen LogP contribution in [-0.4, -0.2) is 72.0 Å². The van der Waals surface area contributed by atoms with Crippen LogP contribution in [0, 0.1) is 5.41 Å². The Balaban J connectivity index is 1.42. The number of carboxylic acid groups (broad SMARTS) is 1. The van der Waals surface area contributed by atoms with Crippen molar-refractivity contribution in [3.8, 4) is 17.0 Å². The SMILES string of the molecule is CN(C)c1cc(-c2cc(Cl)ccc2[C@@H](Oc2cc(N3CCC4(CC3)CN[C@H](C(=O)O)C4)nc(N)n2)C(F)(F)F)ccn1. The largest absolute Gasteiger partial charge is 0.480 e. The molecule has 0 unspecified atom stereocenters. The van der Waals surface area contributed by atoms with Gasteiger partial charge in [-0.3, -0.25) is 4.79 Å². The van der Waals surface area contributed by atoms with Gasteiger partial charge in [0.15, 0.2) is 0 Å². The molecule has 4 N–H and O–H groups in total. The van der Waals surface area contributed by atoms with E-state index in [0.717, 1.165) is 0 Å². The number of aliphatic carboxylic acids is 1. The molecule has 0 amide bonds. The number of nitrogen functional groups attached to an aromatic ring is 1. The van der Waals surface area contributed by atoms with Crippen LogP contribution in [0.15, 0.2) is 42.6 Å². The lowest BCUT2D eigenvalue weighted by Crippen LogP contribution is -2.41. The zero-order valence-electron chi connectivity index (χ0n) is 23.0. The number of nitrogens with one attached hydrogen (secondary N) is 1. The number of carbonyl (C=O) groups is 1. The van der Waals surface area contributed by atoms with Gasteiger partial charge in [0, 0.05) is 56.6 Å². The Morgan fingerprint density at radius 1 is 1.21 bits per heavy atom. The standard InChI is InChI=1S/C28H31ClF3N7O3/c1-38(2)21-11-16(5-8-34-21)19-12-17(29)3-4-18(19)24(28(30,31)32)42-23-13-22(36-26(33)37-23)39-9-6-27(7-10-39)14-20(25(40)41)35-15-27/h3-5,8,11-13,20,24,35H,6-7,9-10,14-15H2,1-2H3,(H,40,41)(H2,33,36,37)/t20-,24+/m0/s1. The number of pyridine rings is 1. The average Bonchev–Trinajstić information content (AvgIpc) is 3.35. The molecule has 3 aromatic rings. The van der Waals surface area contributed by atoms with E-state index in [-0.39, 0.29) is 33.4 Å². The average molecular weight is 606 g/mol. The van der Waals surface area contributed by atoms with Crippen LogP contribution in [0.4, 0.5) is 30.8 Å². The molecule has 0 bridgehead atoms. The summed E-state index contributed by atoms with van der Waals surface area (Å²) in [5.74, 6) is -0.511. The molecule has 2 aromatic heterocycles. The summed E-state index contributed by atoms with van der Waals surface area (Å²) in [6, 6.07) is 8.19. The molecule has 2 fully saturated rings. The van der Waals surface area contributed by atoms with Gasteiger partial charge in [-0.1, -0.05) is 17.7 Å². The number of halogens is 4. The van der Waals surface area contributed by atoms with Crippen LogP contribution in [0.1, 0.15) is 30.9 Å². The maximum atomic E-state index is 14.6. The van der Waals surface area contributed by atoms with E-state index in [1.54, 1.807) is 31.1 Å². The number of rotatable bonds is 7. The summed E-state index contributed by atoms with van der Waals surface area (Å²) in [7, 11) is 3.56. The summed E-state index contributed by atoms with van der Waals surface area (Å²) >= 11 is 6.22. The topological polar surface area (TPSA) is 130 Å². The van der Waals surface area contributed by atoms with E-state index >= 15 is 0 Å². The van der Waals surface area contributed by atoms with Gasteiger partial charge < -0.3 is 30.7 Å². The molecule has 42 heavy (non-hydrogen) atoms. The molecule has 2 aliphatic heterocycles. The molecule has 5 rings (SSSR count). The second kappa shape index (κ2) is 11.4. The van der Waals surface area contributed by atoms with Crippen molar-refractivity contribution in [3.63, 3.8) is 0 Å². The minimum absolute atomic E-state index is 0.150. The molecule has 0 radical (unpaired) electrons. The van der Waals surface area contributed by atoms with Crippen LogP contribution < -0.4 is 25.6 Å². The van der Waals surface area contributed by atoms with Gasteiger partial charge in [-0.25, -0.2) is 4.98 Å². The molecular weight excluding hydrogens is 575 g/mol. The van der Waals surface area contributed by atoms with Gasteiger partial charge >= 0.3 is 12.1 Å². The first-order valence-electron chi connectivity index (χ1n) is 13.4. The number of nitrogens with two attached hydrogens (primary N) is 1. The van der Waals surface area contributed by atoms with Crippen molar-refractivity contribution in [1.82, 2.24) is 20.3 Å². The molecule has 224 valence electrons. The highest BCUT2D eigenvalue weighted by Gasteiger charge is 2.46. The van der Waals surface area contributed by atoms with Gasteiger partial charge in [-0.15, -0.1) is 0 Å². The number of benzene rings is 1. The monoisotopic (exact) mass is 605 g/mol. The maximum Gasteiger partial charge on any atom is 0.429 e. The van der Waals surface area contributed by atoms with Crippen LogP contribution in [0.25, 0.3) is 11.1 Å². The van der Waals surface area contributed by atoms with Crippen molar-refractivity contribution >= 4 is 35.2 Å². The molecule has 2 saturated heterocycles. The third-order valence-electron chi connectivity index (χ3n) is 7.86. The van der Waals surface area contributed by atoms with Crippen LogP contribution in [0.5, 0.6) is 5.88 Å². The zero-order valence-corrected chi connectivity index (χ0v) is 23.8. The maximum absolute atomic E-state index is 14.6. The summed E-state index contributed by atoms with van der Waals surface area (Å²) in [4.78, 5) is 27.5. The number of alkyl halides is 3. The highest BCUT2D eigenvalue weighted by molar-refractivity contribution is 6.30. The molecule has 1 aromatic carbocycles. The van der Waals surface area contributed by atoms with Gasteiger partial charge in [0.2, 0.25) is 17.9 Å². The molecule has 1 spiro atoms. The van der Waals surface area contributed by atoms with Crippen molar-refractivity contribution < 1.29 is 27.8 Å². The first kappa shape index (κ1) is 29.6. The molecule has 2 aliphatic rings. The van der Waals surface area contributed by atoms with Crippen molar-refractivity contribution in [3.05, 3.63) is 53.2 Å². The number of carboxylic acids is 1. The van der Waals surface area contributed by atoms with E-state index in [0.29, 0.717) is 56.1 Å². The van der Waals surface area contributed by atoms with Crippen LogP contribution in [-0.2, 0) is 4.79 Å². The van der Waals surface area contributed by atoms with E-state index in [4.69, 9.17) is 22.1 Å². The third-order valence-corrected chi connectivity index (χ3v) is 8.10.